The molecule has 3 saturated carbocycles. The van der Waals surface area contributed by atoms with Gasteiger partial charge in [-0.05, 0) is 43.7 Å². The van der Waals surface area contributed by atoms with Gasteiger partial charge in [0.05, 0.1) is 4.90 Å². The fourth-order valence-corrected chi connectivity index (χ4v) is 5.44. The summed E-state index contributed by atoms with van der Waals surface area (Å²) in [6.45, 7) is 1.91. The van der Waals surface area contributed by atoms with Crippen LogP contribution in [0.25, 0.3) is 0 Å². The molecule has 4 rings (SSSR count). The summed E-state index contributed by atoms with van der Waals surface area (Å²) in [5.41, 5.74) is 1.69. The highest BCUT2D eigenvalue weighted by Crippen LogP contribution is 2.68. The summed E-state index contributed by atoms with van der Waals surface area (Å²) >= 11 is 0. The van der Waals surface area contributed by atoms with E-state index in [9.17, 15) is 8.42 Å². The number of methoxy groups -OCH3 is 2. The normalized spacial score (nSPS) is 34.4. The van der Waals surface area contributed by atoms with Gasteiger partial charge in [0.25, 0.3) is 10.0 Å². The van der Waals surface area contributed by atoms with E-state index in [1.165, 1.54) is 0 Å². The predicted octanol–water partition coefficient (Wildman–Crippen LogP) is 1.90. The molecule has 6 nitrogen and oxygen atoms in total. The second-order valence-corrected chi connectivity index (χ2v) is 8.65. The van der Waals surface area contributed by atoms with Gasteiger partial charge >= 0.3 is 0 Å². The first-order valence-corrected chi connectivity index (χ1v) is 9.68. The Hall–Kier alpha value is -1.44. The molecule has 3 fully saturated rings. The molecule has 1 N–H and O–H groups in total. The van der Waals surface area contributed by atoms with E-state index >= 15 is 0 Å². The van der Waals surface area contributed by atoms with Gasteiger partial charge in [-0.15, -0.1) is 0 Å². The number of aryl methyl sites for hydroxylation is 1. The van der Waals surface area contributed by atoms with Crippen LogP contribution in [0.15, 0.2) is 34.3 Å². The van der Waals surface area contributed by atoms with Gasteiger partial charge in [0.15, 0.2) is 0 Å². The Bertz CT molecular complexity index is 783. The molecule has 0 amide bonds. The van der Waals surface area contributed by atoms with E-state index in [1.54, 1.807) is 38.5 Å². The zero-order chi connectivity index (χ0) is 17.1. The van der Waals surface area contributed by atoms with Crippen LogP contribution in [-0.4, -0.2) is 34.1 Å². The number of ether oxygens (including phenoxy) is 2. The number of benzene rings is 1. The molecule has 1 aromatic carbocycles. The third kappa shape index (κ3) is 2.14. The van der Waals surface area contributed by atoms with Gasteiger partial charge in [-0.25, -0.2) is 0 Å². The largest absolute Gasteiger partial charge is 0.348 e. The molecule has 4 atom stereocenters. The molecule has 3 aliphatic rings. The third-order valence-electron chi connectivity index (χ3n) is 5.85. The average molecular weight is 350 g/mol. The number of hydrogen-bond donors (Lipinski definition) is 1. The fourth-order valence-electron chi connectivity index (χ4n) is 4.62. The van der Waals surface area contributed by atoms with E-state index in [2.05, 4.69) is 9.93 Å². The van der Waals surface area contributed by atoms with Crippen molar-refractivity contribution in [3.05, 3.63) is 29.8 Å². The Morgan fingerprint density at radius 1 is 1.12 bits per heavy atom. The molecule has 0 radical (unpaired) electrons. The van der Waals surface area contributed by atoms with Gasteiger partial charge in [-0.2, -0.15) is 18.4 Å². The van der Waals surface area contributed by atoms with Crippen LogP contribution >= 0.6 is 0 Å². The molecule has 3 aliphatic carbocycles. The Morgan fingerprint density at radius 2 is 1.79 bits per heavy atom. The molecule has 1 aromatic rings. The Kier molecular flexibility index (Phi) is 3.53. The van der Waals surface area contributed by atoms with Gasteiger partial charge in [0.2, 0.25) is 5.79 Å². The van der Waals surface area contributed by atoms with Gasteiger partial charge in [0, 0.05) is 26.1 Å². The zero-order valence-corrected chi connectivity index (χ0v) is 14.8. The lowest BCUT2D eigenvalue weighted by molar-refractivity contribution is -0.186. The lowest BCUT2D eigenvalue weighted by atomic mass is 9.92. The maximum Gasteiger partial charge on any atom is 0.276 e. The Balaban J connectivity index is 1.64. The third-order valence-corrected chi connectivity index (χ3v) is 7.08. The lowest BCUT2D eigenvalue weighted by Gasteiger charge is -2.35. The predicted molar refractivity (Wildman–Crippen MR) is 88.9 cm³/mol. The van der Waals surface area contributed by atoms with Gasteiger partial charge in [0.1, 0.15) is 5.71 Å². The molecule has 7 heteroatoms. The summed E-state index contributed by atoms with van der Waals surface area (Å²) < 4.78 is 36.4. The van der Waals surface area contributed by atoms with Crippen LogP contribution in [0, 0.1) is 30.6 Å². The Morgan fingerprint density at radius 3 is 2.42 bits per heavy atom. The summed E-state index contributed by atoms with van der Waals surface area (Å²) in [7, 11) is -0.495. The minimum absolute atomic E-state index is 0.199. The quantitative estimate of drug-likeness (QED) is 0.650. The van der Waals surface area contributed by atoms with Crippen molar-refractivity contribution >= 4 is 15.7 Å². The van der Waals surface area contributed by atoms with Crippen molar-refractivity contribution < 1.29 is 17.9 Å². The van der Waals surface area contributed by atoms with E-state index in [0.717, 1.165) is 18.4 Å². The van der Waals surface area contributed by atoms with Crippen LogP contribution in [-0.2, 0) is 19.5 Å². The average Bonchev–Trinajstić information content (AvgIpc) is 3.21. The van der Waals surface area contributed by atoms with Crippen LogP contribution in [0.1, 0.15) is 18.4 Å². The summed E-state index contributed by atoms with van der Waals surface area (Å²) in [5, 5.41) is 4.28. The zero-order valence-electron chi connectivity index (χ0n) is 14.0. The van der Waals surface area contributed by atoms with Gasteiger partial charge < -0.3 is 9.47 Å². The lowest BCUT2D eigenvalue weighted by Crippen LogP contribution is -2.49. The number of fused-ring (bicyclic) bond motifs is 5. The van der Waals surface area contributed by atoms with Crippen LogP contribution in [0.4, 0.5) is 0 Å². The van der Waals surface area contributed by atoms with Crippen molar-refractivity contribution in [3.8, 4) is 0 Å². The first kappa shape index (κ1) is 16.1. The molecule has 0 unspecified atom stereocenters. The van der Waals surface area contributed by atoms with Crippen LogP contribution < -0.4 is 4.83 Å². The first-order chi connectivity index (χ1) is 11.4. The highest BCUT2D eigenvalue weighted by Gasteiger charge is 2.71. The number of hydrogen-bond acceptors (Lipinski definition) is 5. The SMILES string of the molecule is COC1(OC)/C(=N\NS(=O)(=O)c2ccc(C)cc2)[C@@H]2C[C@@H]1[C@H]1C[C@@H]12. The van der Waals surface area contributed by atoms with E-state index in [1.807, 2.05) is 6.92 Å². The summed E-state index contributed by atoms with van der Waals surface area (Å²) in [6, 6.07) is 6.69. The molecule has 130 valence electrons. The minimum Gasteiger partial charge on any atom is -0.348 e. The number of nitrogens with one attached hydrogen (secondary N) is 1. The fraction of sp³-hybridized carbons (Fsp3) is 0.588. The molecular weight excluding hydrogens is 328 g/mol. The smallest absolute Gasteiger partial charge is 0.276 e. The molecule has 0 spiro atoms. The summed E-state index contributed by atoms with van der Waals surface area (Å²) in [6.07, 6.45) is 2.12. The van der Waals surface area contributed by atoms with Crippen molar-refractivity contribution in [1.29, 1.82) is 0 Å². The molecular formula is C17H22N2O4S. The minimum atomic E-state index is -3.70. The van der Waals surface area contributed by atoms with E-state index in [0.29, 0.717) is 17.5 Å². The number of nitrogens with zero attached hydrogens (tertiary/aromatic N) is 1. The maximum absolute atomic E-state index is 12.5. The highest BCUT2D eigenvalue weighted by molar-refractivity contribution is 7.89. The van der Waals surface area contributed by atoms with Crippen molar-refractivity contribution in [2.75, 3.05) is 14.2 Å². The molecule has 0 aromatic heterocycles. The van der Waals surface area contributed by atoms with E-state index in [4.69, 9.17) is 9.47 Å². The maximum atomic E-state index is 12.5. The Labute approximate surface area is 142 Å². The standard InChI is InChI=1S/C17H22N2O4S/c1-10-4-6-11(7-5-10)24(20,21)19-18-16-14-9-15(13-8-12(13)14)17(16,22-2)23-3/h4-7,12-15,19H,8-9H2,1-3H3/b18-16-/t12-,13-,14+,15+/m0/s1. The van der Waals surface area contributed by atoms with E-state index in [-0.39, 0.29) is 16.7 Å². The second kappa shape index (κ2) is 5.28. The topological polar surface area (TPSA) is 77.0 Å². The van der Waals surface area contributed by atoms with Crippen LogP contribution in [0.5, 0.6) is 0 Å². The van der Waals surface area contributed by atoms with E-state index < -0.39 is 15.8 Å². The molecule has 0 aliphatic heterocycles. The molecule has 24 heavy (non-hydrogen) atoms. The van der Waals surface area contributed by atoms with Crippen LogP contribution in [0.2, 0.25) is 0 Å². The number of sulfonamides is 1. The molecule has 2 bridgehead atoms. The van der Waals surface area contributed by atoms with Crippen molar-refractivity contribution in [2.45, 2.75) is 30.4 Å². The summed E-state index contributed by atoms with van der Waals surface area (Å²) in [5.74, 6) is 0.863. The van der Waals surface area contributed by atoms with Crippen molar-refractivity contribution in [1.82, 2.24) is 4.83 Å². The van der Waals surface area contributed by atoms with Gasteiger partial charge in [-0.3, -0.25) is 0 Å². The molecule has 0 heterocycles. The number of hydrazone groups is 1. The second-order valence-electron chi connectivity index (χ2n) is 6.99. The highest BCUT2D eigenvalue weighted by atomic mass is 32.2. The van der Waals surface area contributed by atoms with Crippen LogP contribution in [0.3, 0.4) is 0 Å². The monoisotopic (exact) mass is 350 g/mol. The molecule has 0 saturated heterocycles. The van der Waals surface area contributed by atoms with Crippen molar-refractivity contribution in [2.24, 2.45) is 28.8 Å². The summed E-state index contributed by atoms with van der Waals surface area (Å²) in [4.78, 5) is 2.58. The van der Waals surface area contributed by atoms with Crippen molar-refractivity contribution in [3.63, 3.8) is 0 Å². The van der Waals surface area contributed by atoms with Gasteiger partial charge in [-0.1, -0.05) is 17.7 Å². The first-order valence-electron chi connectivity index (χ1n) is 8.20. The number of rotatable bonds is 5.